The SMILES string of the molecule is FC(F)c1cc(I)nc(OC(F)(F)F)c1. The van der Waals surface area contributed by atoms with Crippen LogP contribution in [0.1, 0.15) is 12.0 Å². The molecule has 1 aromatic heterocycles. The van der Waals surface area contributed by atoms with Gasteiger partial charge in [-0.1, -0.05) is 0 Å². The van der Waals surface area contributed by atoms with Gasteiger partial charge in [-0.25, -0.2) is 13.8 Å². The molecular formula is C7H3F5INO. The average Bonchev–Trinajstić information content (AvgIpc) is 1.99. The van der Waals surface area contributed by atoms with Crippen LogP contribution in [0, 0.1) is 3.70 Å². The highest BCUT2D eigenvalue weighted by molar-refractivity contribution is 14.1. The maximum Gasteiger partial charge on any atom is 0.574 e. The fraction of sp³-hybridized carbons (Fsp3) is 0.286. The number of alkyl halides is 5. The van der Waals surface area contributed by atoms with Crippen molar-refractivity contribution >= 4 is 22.6 Å². The van der Waals surface area contributed by atoms with Gasteiger partial charge in [0.1, 0.15) is 3.70 Å². The van der Waals surface area contributed by atoms with E-state index in [1.165, 1.54) is 22.6 Å². The summed E-state index contributed by atoms with van der Waals surface area (Å²) in [6.07, 6.45) is -7.80. The van der Waals surface area contributed by atoms with Crippen molar-refractivity contribution in [3.05, 3.63) is 21.4 Å². The first-order valence-electron chi connectivity index (χ1n) is 3.49. The van der Waals surface area contributed by atoms with E-state index in [1.54, 1.807) is 0 Å². The number of halogens is 6. The van der Waals surface area contributed by atoms with Crippen molar-refractivity contribution in [3.8, 4) is 5.88 Å². The molecule has 0 N–H and O–H groups in total. The number of nitrogens with zero attached hydrogens (tertiary/aromatic N) is 1. The lowest BCUT2D eigenvalue weighted by atomic mass is 10.3. The smallest absolute Gasteiger partial charge is 0.388 e. The van der Waals surface area contributed by atoms with Gasteiger partial charge < -0.3 is 4.74 Å². The van der Waals surface area contributed by atoms with E-state index in [2.05, 4.69) is 9.72 Å². The zero-order chi connectivity index (χ0) is 11.6. The number of hydrogen-bond acceptors (Lipinski definition) is 2. The summed E-state index contributed by atoms with van der Waals surface area (Å²) in [7, 11) is 0. The Bertz CT molecular complexity index is 354. The second-order valence-corrected chi connectivity index (χ2v) is 3.52. The number of pyridine rings is 1. The first-order valence-corrected chi connectivity index (χ1v) is 4.57. The first-order chi connectivity index (χ1) is 6.78. The Labute approximate surface area is 94.6 Å². The Balaban J connectivity index is 2.99. The van der Waals surface area contributed by atoms with Crippen LogP contribution in [-0.4, -0.2) is 11.3 Å². The molecule has 0 fully saturated rings. The maximum absolute atomic E-state index is 12.2. The number of ether oxygens (including phenoxy) is 1. The summed E-state index contributed by atoms with van der Waals surface area (Å²) in [5, 5.41) is 0. The molecule has 0 bridgehead atoms. The topological polar surface area (TPSA) is 22.1 Å². The normalized spacial score (nSPS) is 11.9. The maximum atomic E-state index is 12.2. The van der Waals surface area contributed by atoms with Crippen molar-refractivity contribution in [3.63, 3.8) is 0 Å². The van der Waals surface area contributed by atoms with Crippen LogP contribution >= 0.6 is 22.6 Å². The Hall–Kier alpha value is -0.670. The molecule has 1 heterocycles. The Kier molecular flexibility index (Phi) is 3.68. The summed E-state index contributed by atoms with van der Waals surface area (Å²) in [4.78, 5) is 3.31. The first kappa shape index (κ1) is 12.4. The molecule has 0 spiro atoms. The van der Waals surface area contributed by atoms with E-state index < -0.39 is 24.2 Å². The molecule has 0 saturated heterocycles. The van der Waals surface area contributed by atoms with Crippen LogP contribution in [0.15, 0.2) is 12.1 Å². The van der Waals surface area contributed by atoms with E-state index in [1.807, 2.05) is 0 Å². The number of rotatable bonds is 2. The molecule has 2 nitrogen and oxygen atoms in total. The quantitative estimate of drug-likeness (QED) is 0.467. The lowest BCUT2D eigenvalue weighted by molar-refractivity contribution is -0.276. The van der Waals surface area contributed by atoms with Crippen molar-refractivity contribution in [2.75, 3.05) is 0 Å². The third-order valence-corrected chi connectivity index (χ3v) is 1.82. The van der Waals surface area contributed by atoms with E-state index in [-0.39, 0.29) is 3.70 Å². The van der Waals surface area contributed by atoms with Gasteiger partial charge in [-0.2, -0.15) is 0 Å². The molecular weight excluding hydrogens is 336 g/mol. The number of aromatic nitrogens is 1. The van der Waals surface area contributed by atoms with Crippen molar-refractivity contribution in [1.82, 2.24) is 4.98 Å². The van der Waals surface area contributed by atoms with Crippen LogP contribution in [0.25, 0.3) is 0 Å². The van der Waals surface area contributed by atoms with Crippen molar-refractivity contribution in [1.29, 1.82) is 0 Å². The molecule has 0 unspecified atom stereocenters. The summed E-state index contributed by atoms with van der Waals surface area (Å²) in [6.45, 7) is 0. The van der Waals surface area contributed by atoms with Gasteiger partial charge in [0.05, 0.1) is 0 Å². The fourth-order valence-electron chi connectivity index (χ4n) is 0.788. The van der Waals surface area contributed by atoms with Crippen LogP contribution in [0.3, 0.4) is 0 Å². The summed E-state index contributed by atoms with van der Waals surface area (Å²) in [5.41, 5.74) is -0.561. The van der Waals surface area contributed by atoms with Crippen molar-refractivity contribution < 1.29 is 26.7 Å². The van der Waals surface area contributed by atoms with Crippen LogP contribution in [-0.2, 0) is 0 Å². The van der Waals surface area contributed by atoms with Crippen LogP contribution in [0.5, 0.6) is 5.88 Å². The third kappa shape index (κ3) is 4.14. The van der Waals surface area contributed by atoms with Gasteiger partial charge in [0.25, 0.3) is 6.43 Å². The molecule has 1 aromatic rings. The molecule has 84 valence electrons. The van der Waals surface area contributed by atoms with Crippen molar-refractivity contribution in [2.45, 2.75) is 12.8 Å². The monoisotopic (exact) mass is 339 g/mol. The highest BCUT2D eigenvalue weighted by Gasteiger charge is 2.32. The average molecular weight is 339 g/mol. The largest absolute Gasteiger partial charge is 0.574 e. The zero-order valence-electron chi connectivity index (χ0n) is 6.86. The minimum atomic E-state index is -4.93. The predicted octanol–water partition coefficient (Wildman–Crippen LogP) is 3.52. The molecule has 0 aliphatic rings. The minimum Gasteiger partial charge on any atom is -0.388 e. The minimum absolute atomic E-state index is 0.00431. The molecule has 1 rings (SSSR count). The van der Waals surface area contributed by atoms with E-state index in [0.29, 0.717) is 6.07 Å². The van der Waals surface area contributed by atoms with Crippen LogP contribution in [0.4, 0.5) is 22.0 Å². The molecule has 0 saturated carbocycles. The second-order valence-electron chi connectivity index (χ2n) is 2.41. The van der Waals surface area contributed by atoms with E-state index in [0.717, 1.165) is 6.07 Å². The number of hydrogen-bond donors (Lipinski definition) is 0. The molecule has 15 heavy (non-hydrogen) atoms. The lowest BCUT2D eigenvalue weighted by Crippen LogP contribution is -2.18. The molecule has 0 amide bonds. The summed E-state index contributed by atoms with van der Waals surface area (Å²) < 4.78 is 63.1. The van der Waals surface area contributed by atoms with E-state index in [9.17, 15) is 22.0 Å². The molecule has 0 aliphatic carbocycles. The zero-order valence-corrected chi connectivity index (χ0v) is 9.01. The highest BCUT2D eigenvalue weighted by Crippen LogP contribution is 2.27. The van der Waals surface area contributed by atoms with Gasteiger partial charge in [-0.3, -0.25) is 0 Å². The van der Waals surface area contributed by atoms with Gasteiger partial charge in [0, 0.05) is 11.6 Å². The highest BCUT2D eigenvalue weighted by atomic mass is 127. The molecule has 8 heteroatoms. The van der Waals surface area contributed by atoms with Gasteiger partial charge >= 0.3 is 6.36 Å². The Morgan fingerprint density at radius 3 is 2.33 bits per heavy atom. The summed E-state index contributed by atoms with van der Waals surface area (Å²) in [6, 6.07) is 1.54. The summed E-state index contributed by atoms with van der Waals surface area (Å²) in [5.74, 6) is -0.885. The lowest BCUT2D eigenvalue weighted by Gasteiger charge is -2.09. The van der Waals surface area contributed by atoms with E-state index >= 15 is 0 Å². The summed E-state index contributed by atoms with van der Waals surface area (Å²) >= 11 is 1.52. The Morgan fingerprint density at radius 1 is 1.27 bits per heavy atom. The Morgan fingerprint density at radius 2 is 1.87 bits per heavy atom. The molecule has 0 aliphatic heterocycles. The van der Waals surface area contributed by atoms with Crippen LogP contribution < -0.4 is 4.74 Å². The molecule has 0 aromatic carbocycles. The molecule has 0 atom stereocenters. The van der Waals surface area contributed by atoms with Gasteiger partial charge in [0.15, 0.2) is 0 Å². The fourth-order valence-corrected chi connectivity index (χ4v) is 1.39. The van der Waals surface area contributed by atoms with Gasteiger partial charge in [-0.15, -0.1) is 13.2 Å². The standard InChI is InChI=1S/C7H3F5INO/c8-6(9)3-1-4(13)14-5(2-3)15-7(10,11)12/h1-2,6H. The third-order valence-electron chi connectivity index (χ3n) is 1.27. The predicted molar refractivity (Wildman–Crippen MR) is 48.6 cm³/mol. The second kappa shape index (κ2) is 4.45. The van der Waals surface area contributed by atoms with E-state index in [4.69, 9.17) is 0 Å². The van der Waals surface area contributed by atoms with Crippen molar-refractivity contribution in [2.24, 2.45) is 0 Å². The van der Waals surface area contributed by atoms with Gasteiger partial charge in [0.2, 0.25) is 5.88 Å². The van der Waals surface area contributed by atoms with Gasteiger partial charge in [-0.05, 0) is 28.7 Å². The molecule has 0 radical (unpaired) electrons. The van der Waals surface area contributed by atoms with Crippen LogP contribution in [0.2, 0.25) is 0 Å².